The fourth-order valence-corrected chi connectivity index (χ4v) is 0.989. The van der Waals surface area contributed by atoms with Gasteiger partial charge in [-0.2, -0.15) is 0 Å². The zero-order chi connectivity index (χ0) is 5.98. The Bertz CT molecular complexity index is 98.6. The molecule has 1 heterocycles. The molecule has 0 unspecified atom stereocenters. The van der Waals surface area contributed by atoms with E-state index in [0.29, 0.717) is 18.5 Å². The van der Waals surface area contributed by atoms with Crippen molar-refractivity contribution in [3.05, 3.63) is 0 Å². The first kappa shape index (κ1) is 6.23. The number of rotatable bonds is 2. The average Bonchev–Trinajstić information content (AvgIpc) is 1.62. The predicted molar refractivity (Wildman–Crippen MR) is 33.1 cm³/mol. The Labute approximate surface area is 56.3 Å². The first-order valence-corrected chi connectivity index (χ1v) is 3.63. The summed E-state index contributed by atoms with van der Waals surface area (Å²) in [6.45, 7) is 1.26. The van der Waals surface area contributed by atoms with Gasteiger partial charge in [0.15, 0.2) is 5.78 Å². The molecule has 0 atom stereocenters. The molecular formula is C5H7BrO2. The highest BCUT2D eigenvalue weighted by atomic mass is 79.9. The van der Waals surface area contributed by atoms with Gasteiger partial charge < -0.3 is 4.74 Å². The lowest BCUT2D eigenvalue weighted by atomic mass is 10.0. The zero-order valence-corrected chi connectivity index (χ0v) is 5.98. The summed E-state index contributed by atoms with van der Waals surface area (Å²) in [5.74, 6) is 0.450. The summed E-state index contributed by atoms with van der Waals surface area (Å²) in [5, 5.41) is 0.473. The van der Waals surface area contributed by atoms with Crippen LogP contribution in [-0.2, 0) is 9.53 Å². The third-order valence-electron chi connectivity index (χ3n) is 1.23. The van der Waals surface area contributed by atoms with Gasteiger partial charge in [0.05, 0.1) is 24.5 Å². The van der Waals surface area contributed by atoms with Crippen LogP contribution in [-0.4, -0.2) is 24.3 Å². The number of hydrogen-bond acceptors (Lipinski definition) is 2. The van der Waals surface area contributed by atoms with Crippen molar-refractivity contribution in [2.45, 2.75) is 0 Å². The number of halogens is 1. The Morgan fingerprint density at radius 3 is 2.50 bits per heavy atom. The molecule has 0 saturated carbocycles. The van der Waals surface area contributed by atoms with E-state index in [2.05, 4.69) is 15.9 Å². The summed E-state index contributed by atoms with van der Waals surface area (Å²) >= 11 is 3.08. The monoisotopic (exact) mass is 178 g/mol. The molecule has 2 nitrogen and oxygen atoms in total. The summed E-state index contributed by atoms with van der Waals surface area (Å²) in [6, 6.07) is 0. The smallest absolute Gasteiger partial charge is 0.151 e. The van der Waals surface area contributed by atoms with Gasteiger partial charge in [0.25, 0.3) is 0 Å². The molecule has 0 radical (unpaired) electrons. The molecule has 0 amide bonds. The van der Waals surface area contributed by atoms with Crippen molar-refractivity contribution in [3.63, 3.8) is 0 Å². The number of alkyl halides is 1. The Balaban J connectivity index is 2.24. The molecule has 1 aliphatic heterocycles. The molecule has 0 aromatic heterocycles. The van der Waals surface area contributed by atoms with E-state index >= 15 is 0 Å². The Morgan fingerprint density at radius 2 is 2.38 bits per heavy atom. The maximum absolute atomic E-state index is 10.7. The molecule has 8 heavy (non-hydrogen) atoms. The van der Waals surface area contributed by atoms with Crippen molar-refractivity contribution in [2.24, 2.45) is 5.92 Å². The fourth-order valence-electron chi connectivity index (χ4n) is 0.531. The molecule has 1 fully saturated rings. The van der Waals surface area contributed by atoms with Crippen molar-refractivity contribution in [3.8, 4) is 0 Å². The van der Waals surface area contributed by atoms with E-state index in [4.69, 9.17) is 4.74 Å². The normalized spacial score (nSPS) is 20.1. The molecule has 1 saturated heterocycles. The molecule has 0 bridgehead atoms. The lowest BCUT2D eigenvalue weighted by Gasteiger charge is -2.23. The van der Waals surface area contributed by atoms with Crippen molar-refractivity contribution in [1.29, 1.82) is 0 Å². The van der Waals surface area contributed by atoms with Crippen LogP contribution in [0.2, 0.25) is 0 Å². The van der Waals surface area contributed by atoms with Crippen LogP contribution in [0.4, 0.5) is 0 Å². The summed E-state index contributed by atoms with van der Waals surface area (Å²) < 4.78 is 4.82. The zero-order valence-electron chi connectivity index (χ0n) is 4.39. The Hall–Kier alpha value is 0.110. The van der Waals surface area contributed by atoms with E-state index in [9.17, 15) is 4.79 Å². The van der Waals surface area contributed by atoms with Crippen molar-refractivity contribution in [2.75, 3.05) is 18.5 Å². The quantitative estimate of drug-likeness (QED) is 0.580. The van der Waals surface area contributed by atoms with Crippen molar-refractivity contribution >= 4 is 21.7 Å². The van der Waals surface area contributed by atoms with E-state index in [0.717, 1.165) is 0 Å². The lowest BCUT2D eigenvalue weighted by molar-refractivity contribution is -0.133. The first-order valence-electron chi connectivity index (χ1n) is 2.51. The molecule has 1 aliphatic rings. The minimum absolute atomic E-state index is 0.189. The van der Waals surface area contributed by atoms with E-state index in [1.807, 2.05) is 0 Å². The van der Waals surface area contributed by atoms with Gasteiger partial charge in [0.2, 0.25) is 0 Å². The number of ether oxygens (including phenoxy) is 1. The van der Waals surface area contributed by atoms with Crippen LogP contribution in [0.15, 0.2) is 0 Å². The Morgan fingerprint density at radius 1 is 1.75 bits per heavy atom. The standard InChI is InChI=1S/C5H7BrO2/c6-1-5(7)4-2-8-3-4/h4H,1-3H2. The first-order chi connectivity index (χ1) is 3.84. The topological polar surface area (TPSA) is 26.3 Å². The van der Waals surface area contributed by atoms with Gasteiger partial charge in [0.1, 0.15) is 0 Å². The maximum atomic E-state index is 10.7. The van der Waals surface area contributed by atoms with E-state index < -0.39 is 0 Å². The molecule has 3 heteroatoms. The molecular weight excluding hydrogens is 172 g/mol. The summed E-state index contributed by atoms with van der Waals surface area (Å²) in [7, 11) is 0. The number of hydrogen-bond donors (Lipinski definition) is 0. The highest BCUT2D eigenvalue weighted by Crippen LogP contribution is 2.11. The van der Waals surface area contributed by atoms with Gasteiger partial charge >= 0.3 is 0 Å². The molecule has 0 aliphatic carbocycles. The second-order valence-electron chi connectivity index (χ2n) is 1.83. The van der Waals surface area contributed by atoms with Gasteiger partial charge in [-0.15, -0.1) is 0 Å². The SMILES string of the molecule is O=C(CBr)C1COC1. The minimum atomic E-state index is 0.189. The van der Waals surface area contributed by atoms with Gasteiger partial charge in [-0.3, -0.25) is 4.79 Å². The second-order valence-corrected chi connectivity index (χ2v) is 2.40. The molecule has 0 aromatic rings. The van der Waals surface area contributed by atoms with Crippen LogP contribution >= 0.6 is 15.9 Å². The summed E-state index contributed by atoms with van der Waals surface area (Å²) in [6.07, 6.45) is 0. The summed E-state index contributed by atoms with van der Waals surface area (Å²) in [5.41, 5.74) is 0. The van der Waals surface area contributed by atoms with Crippen LogP contribution in [0.5, 0.6) is 0 Å². The number of ketones is 1. The van der Waals surface area contributed by atoms with E-state index in [1.165, 1.54) is 0 Å². The molecule has 0 aromatic carbocycles. The number of carbonyl (C=O) groups excluding carboxylic acids is 1. The van der Waals surface area contributed by atoms with E-state index in [1.54, 1.807) is 0 Å². The van der Waals surface area contributed by atoms with Crippen LogP contribution in [0.25, 0.3) is 0 Å². The van der Waals surface area contributed by atoms with Crippen LogP contribution in [0, 0.1) is 5.92 Å². The largest absolute Gasteiger partial charge is 0.380 e. The molecule has 46 valence electrons. The fraction of sp³-hybridized carbons (Fsp3) is 0.800. The van der Waals surface area contributed by atoms with Gasteiger partial charge in [0, 0.05) is 0 Å². The number of carbonyl (C=O) groups is 1. The van der Waals surface area contributed by atoms with E-state index in [-0.39, 0.29) is 11.7 Å². The van der Waals surface area contributed by atoms with Crippen LogP contribution in [0.1, 0.15) is 0 Å². The molecule has 0 N–H and O–H groups in total. The highest BCUT2D eigenvalue weighted by molar-refractivity contribution is 9.09. The average molecular weight is 179 g/mol. The molecule has 1 rings (SSSR count). The van der Waals surface area contributed by atoms with Crippen LogP contribution in [0.3, 0.4) is 0 Å². The van der Waals surface area contributed by atoms with Crippen molar-refractivity contribution in [1.82, 2.24) is 0 Å². The van der Waals surface area contributed by atoms with Gasteiger partial charge in [-0.05, 0) is 0 Å². The Kier molecular flexibility index (Phi) is 2.02. The predicted octanol–water partition coefficient (Wildman–Crippen LogP) is 0.597. The number of Topliss-reactive ketones (excluding diaryl/α,β-unsaturated/α-hetero) is 1. The molecule has 0 spiro atoms. The highest BCUT2D eigenvalue weighted by Gasteiger charge is 2.24. The van der Waals surface area contributed by atoms with Gasteiger partial charge in [-0.1, -0.05) is 15.9 Å². The van der Waals surface area contributed by atoms with Crippen LogP contribution < -0.4 is 0 Å². The lowest BCUT2D eigenvalue weighted by Crippen LogP contribution is -2.35. The third-order valence-corrected chi connectivity index (χ3v) is 1.78. The third kappa shape index (κ3) is 1.09. The minimum Gasteiger partial charge on any atom is -0.380 e. The second kappa shape index (κ2) is 2.60. The van der Waals surface area contributed by atoms with Gasteiger partial charge in [-0.25, -0.2) is 0 Å². The maximum Gasteiger partial charge on any atom is 0.151 e. The summed E-state index contributed by atoms with van der Waals surface area (Å²) in [4.78, 5) is 10.7. The van der Waals surface area contributed by atoms with Crippen molar-refractivity contribution < 1.29 is 9.53 Å².